The number of halogens is 2. The molecule has 0 fully saturated rings. The average molecular weight is 732 g/mol. The second-order valence-corrected chi connectivity index (χ2v) is 11.3. The maximum absolute atomic E-state index is 12.4. The quantitative estimate of drug-likeness (QED) is 0.0664. The summed E-state index contributed by atoms with van der Waals surface area (Å²) in [5.74, 6) is -0.528. The molecule has 5 N–H and O–H groups in total. The highest BCUT2D eigenvalue weighted by molar-refractivity contribution is 9.10. The van der Waals surface area contributed by atoms with Gasteiger partial charge in [0.05, 0.1) is 46.6 Å². The number of amides is 2. The van der Waals surface area contributed by atoms with Crippen LogP contribution in [0.15, 0.2) is 75.4 Å². The summed E-state index contributed by atoms with van der Waals surface area (Å²) in [6.45, 7) is 3.69. The molecule has 1 aliphatic rings. The molecule has 3 aromatic carbocycles. The zero-order valence-electron chi connectivity index (χ0n) is 25.5. The topological polar surface area (TPSA) is 177 Å². The molecule has 1 heterocycles. The number of esters is 1. The number of hydrogen-bond donors (Lipinski definition) is 5. The lowest BCUT2D eigenvalue weighted by atomic mass is 9.95. The maximum atomic E-state index is 12.4. The molecule has 0 spiro atoms. The Balaban J connectivity index is 1.36. The van der Waals surface area contributed by atoms with Gasteiger partial charge in [0.15, 0.2) is 23.5 Å². The number of methoxy groups -OCH3 is 1. The monoisotopic (exact) mass is 730 g/mol. The van der Waals surface area contributed by atoms with Crippen LogP contribution in [0.4, 0.5) is 4.79 Å². The molecule has 0 saturated heterocycles. The smallest absolute Gasteiger partial charge is 0.337 e. The normalized spacial score (nSPS) is 15.0. The Morgan fingerprint density at radius 2 is 1.85 bits per heavy atom. The molecule has 0 unspecified atom stereocenters. The summed E-state index contributed by atoms with van der Waals surface area (Å²) in [4.78, 5) is 35.6. The third-order valence-electron chi connectivity index (χ3n) is 6.71. The first-order valence-corrected chi connectivity index (χ1v) is 15.3. The van der Waals surface area contributed by atoms with Gasteiger partial charge in [-0.05, 0) is 82.9 Å². The van der Waals surface area contributed by atoms with Crippen LogP contribution in [0.3, 0.4) is 0 Å². The molecule has 1 aliphatic heterocycles. The van der Waals surface area contributed by atoms with E-state index in [2.05, 4.69) is 37.1 Å². The Hall–Kier alpha value is -4.79. The summed E-state index contributed by atoms with van der Waals surface area (Å²) in [7, 11) is 1.26. The molecule has 2 atom stereocenters. The van der Waals surface area contributed by atoms with Crippen LogP contribution in [0, 0.1) is 0 Å². The number of nitrogens with zero attached hydrogens (tertiary/aromatic N) is 1. The minimum absolute atomic E-state index is 0.174. The third kappa shape index (κ3) is 9.15. The van der Waals surface area contributed by atoms with Crippen LogP contribution in [0.1, 0.15) is 46.9 Å². The van der Waals surface area contributed by atoms with Gasteiger partial charge in [-0.3, -0.25) is 5.43 Å². The zero-order valence-corrected chi connectivity index (χ0v) is 27.8. The van der Waals surface area contributed by atoms with Crippen molar-refractivity contribution in [1.82, 2.24) is 16.1 Å². The number of ether oxygens (including phenoxy) is 4. The third-order valence-corrected chi connectivity index (χ3v) is 7.58. The molecule has 0 aromatic heterocycles. The number of benzene rings is 3. The first kappa shape index (κ1) is 35.1. The van der Waals surface area contributed by atoms with Gasteiger partial charge in [0.1, 0.15) is 13.2 Å². The molecule has 2 amide bonds. The Bertz CT molecular complexity index is 1680. The van der Waals surface area contributed by atoms with Crippen molar-refractivity contribution in [3.8, 4) is 17.2 Å². The Labute approximate surface area is 283 Å². The van der Waals surface area contributed by atoms with Crippen molar-refractivity contribution in [3.63, 3.8) is 0 Å². The molecule has 0 radical (unpaired) electrons. The first-order valence-electron chi connectivity index (χ1n) is 14.2. The molecule has 248 valence electrons. The summed E-state index contributed by atoms with van der Waals surface area (Å²) in [5, 5.41) is 29.2. The number of carbonyl (C=O) groups is 3. The van der Waals surface area contributed by atoms with E-state index in [1.165, 1.54) is 25.5 Å². The Kier molecular flexibility index (Phi) is 12.1. The maximum Gasteiger partial charge on any atom is 0.337 e. The van der Waals surface area contributed by atoms with Gasteiger partial charge in [0, 0.05) is 5.70 Å². The second-order valence-electron chi connectivity index (χ2n) is 10.0. The van der Waals surface area contributed by atoms with Gasteiger partial charge < -0.3 is 39.8 Å². The number of aliphatic hydroxyl groups is 1. The summed E-state index contributed by atoms with van der Waals surface area (Å²) in [6, 6.07) is 13.4. The van der Waals surface area contributed by atoms with Crippen molar-refractivity contribution in [1.29, 1.82) is 0 Å². The number of carbonyl (C=O) groups excluding carboxylic acids is 2. The van der Waals surface area contributed by atoms with Gasteiger partial charge in [-0.25, -0.2) is 14.4 Å². The predicted molar refractivity (Wildman–Crippen MR) is 176 cm³/mol. The van der Waals surface area contributed by atoms with Crippen molar-refractivity contribution in [3.05, 3.63) is 97.6 Å². The molecule has 0 saturated carbocycles. The second kappa shape index (κ2) is 16.2. The van der Waals surface area contributed by atoms with Crippen LogP contribution in [-0.2, 0) is 16.1 Å². The van der Waals surface area contributed by atoms with Gasteiger partial charge in [-0.1, -0.05) is 29.8 Å². The summed E-state index contributed by atoms with van der Waals surface area (Å²) < 4.78 is 22.8. The first-order chi connectivity index (χ1) is 22.5. The lowest BCUT2D eigenvalue weighted by molar-refractivity contribution is -0.136. The van der Waals surface area contributed by atoms with Crippen LogP contribution in [-0.4, -0.2) is 60.9 Å². The highest BCUT2D eigenvalue weighted by Gasteiger charge is 2.32. The van der Waals surface area contributed by atoms with Crippen molar-refractivity contribution in [2.75, 3.05) is 20.3 Å². The van der Waals surface area contributed by atoms with Gasteiger partial charge >= 0.3 is 18.0 Å². The minimum atomic E-state index is -1.20. The summed E-state index contributed by atoms with van der Waals surface area (Å²) >= 11 is 9.87. The van der Waals surface area contributed by atoms with E-state index in [9.17, 15) is 19.5 Å². The average Bonchev–Trinajstić information content (AvgIpc) is 3.03. The number of nitrogens with one attached hydrogen (secondary N) is 3. The van der Waals surface area contributed by atoms with Crippen molar-refractivity contribution in [2.45, 2.75) is 32.7 Å². The fourth-order valence-corrected chi connectivity index (χ4v) is 5.50. The molecule has 0 aliphatic carbocycles. The van der Waals surface area contributed by atoms with E-state index in [1.807, 2.05) is 0 Å². The zero-order chi connectivity index (χ0) is 34.1. The highest BCUT2D eigenvalue weighted by atomic mass is 79.9. The van der Waals surface area contributed by atoms with Gasteiger partial charge in [-0.15, -0.1) is 0 Å². The van der Waals surface area contributed by atoms with E-state index < -0.39 is 30.2 Å². The van der Waals surface area contributed by atoms with E-state index in [0.717, 1.165) is 5.56 Å². The number of aromatic carboxylic acids is 1. The van der Waals surface area contributed by atoms with Crippen molar-refractivity contribution >= 4 is 51.7 Å². The van der Waals surface area contributed by atoms with Crippen LogP contribution in [0.25, 0.3) is 0 Å². The van der Waals surface area contributed by atoms with E-state index in [-0.39, 0.29) is 24.4 Å². The van der Waals surface area contributed by atoms with Crippen LogP contribution in [0.5, 0.6) is 17.2 Å². The fraction of sp³-hybridized carbons (Fsp3) is 0.250. The van der Waals surface area contributed by atoms with E-state index in [0.29, 0.717) is 50.2 Å². The number of carboxylic acid groups (broad SMARTS) is 1. The SMILES string of the molecule is CCOc1cc([C@@H]2NC(=O)NC(C)=C2C(=O)OC)ccc1OC[C@H](O)N/N=C\c1cc(Cl)c(OCc2ccc(C(=O)O)cc2)c(Br)c1. The molecule has 3 aromatic rings. The standard InChI is InChI=1S/C32H32BrClN4O9/c1-4-45-25-13-21(28-27(31(42)44-3)17(2)36-32(43)37-28)9-10-24(25)46-16-26(39)38-35-14-19-11-22(33)29(23(34)12-19)47-15-18-5-7-20(8-6-18)30(40)41/h5-14,26,28,38-39H,4,15-16H2,1-3H3,(H,40,41)(H2,36,37,43)/b35-14-/t26-,28-/m0/s1. The van der Waals surface area contributed by atoms with Crippen LogP contribution in [0.2, 0.25) is 5.02 Å². The number of hydrazone groups is 1. The fourth-order valence-electron chi connectivity index (χ4n) is 4.51. The van der Waals surface area contributed by atoms with Gasteiger partial charge in [-0.2, -0.15) is 5.10 Å². The number of aliphatic hydroxyl groups excluding tert-OH is 1. The number of carboxylic acids is 1. The number of urea groups is 1. The number of allylic oxidation sites excluding steroid dienone is 1. The largest absolute Gasteiger partial charge is 0.490 e. The van der Waals surface area contributed by atoms with Crippen molar-refractivity contribution < 1.29 is 43.5 Å². The van der Waals surface area contributed by atoms with Gasteiger partial charge in [0.2, 0.25) is 0 Å². The summed E-state index contributed by atoms with van der Waals surface area (Å²) in [5.41, 5.74) is 5.32. The lowest BCUT2D eigenvalue weighted by Gasteiger charge is -2.28. The molecule has 13 nitrogen and oxygen atoms in total. The van der Waals surface area contributed by atoms with E-state index in [1.54, 1.807) is 56.3 Å². The molecule has 47 heavy (non-hydrogen) atoms. The van der Waals surface area contributed by atoms with Crippen LogP contribution >= 0.6 is 27.5 Å². The minimum Gasteiger partial charge on any atom is -0.490 e. The Morgan fingerprint density at radius 1 is 1.11 bits per heavy atom. The molecular formula is C32H32BrClN4O9. The summed E-state index contributed by atoms with van der Waals surface area (Å²) in [6.07, 6.45) is 0.255. The Morgan fingerprint density at radius 3 is 2.51 bits per heavy atom. The predicted octanol–water partition coefficient (Wildman–Crippen LogP) is 4.90. The molecule has 0 bridgehead atoms. The number of rotatable bonds is 14. The molecular weight excluding hydrogens is 700 g/mol. The van der Waals surface area contributed by atoms with Crippen molar-refractivity contribution in [2.24, 2.45) is 5.10 Å². The highest BCUT2D eigenvalue weighted by Crippen LogP contribution is 2.36. The molecule has 15 heteroatoms. The van der Waals surface area contributed by atoms with E-state index in [4.69, 9.17) is 35.7 Å². The van der Waals surface area contributed by atoms with E-state index >= 15 is 0 Å². The lowest BCUT2D eigenvalue weighted by Crippen LogP contribution is -2.45. The number of hydrogen-bond acceptors (Lipinski definition) is 10. The molecule has 4 rings (SSSR count). The van der Waals surface area contributed by atoms with Crippen LogP contribution < -0.4 is 30.3 Å². The van der Waals surface area contributed by atoms with Gasteiger partial charge in [0.25, 0.3) is 0 Å².